The zero-order valence-electron chi connectivity index (χ0n) is 13.8. The topological polar surface area (TPSA) is 51.1 Å². The summed E-state index contributed by atoms with van der Waals surface area (Å²) in [5.41, 5.74) is 1.59. The Labute approximate surface area is 140 Å². The summed E-state index contributed by atoms with van der Waals surface area (Å²) in [6, 6.07) is 4.03. The molecule has 0 fully saturated rings. The Morgan fingerprint density at radius 3 is 2.92 bits per heavy atom. The third kappa shape index (κ3) is 3.40. The smallest absolute Gasteiger partial charge is 0.256 e. The number of rotatable bonds is 4. The van der Waals surface area contributed by atoms with Crippen molar-refractivity contribution in [2.75, 3.05) is 6.54 Å². The van der Waals surface area contributed by atoms with E-state index in [1.54, 1.807) is 17.7 Å². The lowest BCUT2D eigenvalue weighted by Gasteiger charge is -2.13. The Kier molecular flexibility index (Phi) is 4.79. The molecule has 0 unspecified atom stereocenters. The highest BCUT2D eigenvalue weighted by atomic mass is 19.1. The van der Waals surface area contributed by atoms with Crippen molar-refractivity contribution in [2.24, 2.45) is 7.05 Å². The number of halogens is 1. The van der Waals surface area contributed by atoms with Crippen LogP contribution < -0.4 is 10.7 Å². The third-order valence-corrected chi connectivity index (χ3v) is 4.51. The number of carbonyl (C=O) groups is 1. The standard InChI is InChI=1S/C19H21FN2O2/c1-22-12-16(18(23)15-11-14(20)7-8-17(15)22)19(24)21-10-9-13-5-3-2-4-6-13/h5,7-8,11-12H,2-4,6,9-10H2,1H3,(H,21,24). The lowest BCUT2D eigenvalue weighted by molar-refractivity contribution is 0.0952. The molecular weight excluding hydrogens is 307 g/mol. The average Bonchev–Trinajstić information content (AvgIpc) is 2.58. The number of carbonyl (C=O) groups excluding carboxylic acids is 1. The summed E-state index contributed by atoms with van der Waals surface area (Å²) >= 11 is 0. The largest absolute Gasteiger partial charge is 0.352 e. The van der Waals surface area contributed by atoms with Crippen molar-refractivity contribution in [3.8, 4) is 0 Å². The van der Waals surface area contributed by atoms with E-state index in [0.717, 1.165) is 19.3 Å². The first kappa shape index (κ1) is 16.4. The molecule has 1 aromatic heterocycles. The van der Waals surface area contributed by atoms with Crippen molar-refractivity contribution in [1.29, 1.82) is 0 Å². The van der Waals surface area contributed by atoms with Crippen LogP contribution in [0.2, 0.25) is 0 Å². The van der Waals surface area contributed by atoms with Gasteiger partial charge < -0.3 is 9.88 Å². The fraction of sp³-hybridized carbons (Fsp3) is 0.368. The Morgan fingerprint density at radius 1 is 1.33 bits per heavy atom. The molecule has 24 heavy (non-hydrogen) atoms. The van der Waals surface area contributed by atoms with Gasteiger partial charge in [0.05, 0.1) is 5.52 Å². The second kappa shape index (κ2) is 6.99. The van der Waals surface area contributed by atoms with Crippen molar-refractivity contribution < 1.29 is 9.18 Å². The van der Waals surface area contributed by atoms with Gasteiger partial charge in [0.2, 0.25) is 5.43 Å². The molecule has 0 radical (unpaired) electrons. The van der Waals surface area contributed by atoms with Gasteiger partial charge >= 0.3 is 0 Å². The molecule has 4 nitrogen and oxygen atoms in total. The second-order valence-electron chi connectivity index (χ2n) is 6.26. The van der Waals surface area contributed by atoms with Gasteiger partial charge in [-0.15, -0.1) is 0 Å². The zero-order valence-corrected chi connectivity index (χ0v) is 13.8. The van der Waals surface area contributed by atoms with E-state index >= 15 is 0 Å². The molecule has 1 heterocycles. The Bertz CT molecular complexity index is 868. The maximum absolute atomic E-state index is 13.4. The molecule has 5 heteroatoms. The average molecular weight is 328 g/mol. The molecule has 0 saturated carbocycles. The molecule has 0 spiro atoms. The van der Waals surface area contributed by atoms with Crippen molar-refractivity contribution in [2.45, 2.75) is 32.1 Å². The van der Waals surface area contributed by atoms with Gasteiger partial charge in [-0.3, -0.25) is 9.59 Å². The van der Waals surface area contributed by atoms with Gasteiger partial charge in [0.15, 0.2) is 0 Å². The van der Waals surface area contributed by atoms with Gasteiger partial charge in [-0.2, -0.15) is 0 Å². The van der Waals surface area contributed by atoms with E-state index < -0.39 is 17.2 Å². The van der Waals surface area contributed by atoms with E-state index in [9.17, 15) is 14.0 Å². The minimum Gasteiger partial charge on any atom is -0.352 e. The molecule has 0 aliphatic heterocycles. The van der Waals surface area contributed by atoms with Crippen molar-refractivity contribution in [3.05, 3.63) is 57.6 Å². The summed E-state index contributed by atoms with van der Waals surface area (Å²) in [4.78, 5) is 24.8. The number of aryl methyl sites for hydroxylation is 1. The molecule has 3 rings (SSSR count). The van der Waals surface area contributed by atoms with Gasteiger partial charge in [-0.05, 0) is 50.3 Å². The molecule has 0 saturated heterocycles. The van der Waals surface area contributed by atoms with E-state index in [1.807, 2.05) is 0 Å². The van der Waals surface area contributed by atoms with Crippen molar-refractivity contribution >= 4 is 16.8 Å². The summed E-state index contributed by atoms with van der Waals surface area (Å²) in [6.07, 6.45) is 9.21. The van der Waals surface area contributed by atoms with Gasteiger partial charge in [0, 0.05) is 25.2 Å². The number of hydrogen-bond donors (Lipinski definition) is 1. The summed E-state index contributed by atoms with van der Waals surface area (Å²) in [7, 11) is 1.74. The van der Waals surface area contributed by atoms with Crippen LogP contribution >= 0.6 is 0 Å². The van der Waals surface area contributed by atoms with E-state index in [1.165, 1.54) is 36.7 Å². The van der Waals surface area contributed by atoms with Crippen LogP contribution in [0.5, 0.6) is 0 Å². The summed E-state index contributed by atoms with van der Waals surface area (Å²) in [6.45, 7) is 0.509. The number of allylic oxidation sites excluding steroid dienone is 1. The van der Waals surface area contributed by atoms with Crippen LogP contribution in [0, 0.1) is 5.82 Å². The predicted molar refractivity (Wildman–Crippen MR) is 92.6 cm³/mol. The molecule has 2 aromatic rings. The van der Waals surface area contributed by atoms with E-state index in [2.05, 4.69) is 11.4 Å². The van der Waals surface area contributed by atoms with Crippen LogP contribution in [0.4, 0.5) is 4.39 Å². The Hall–Kier alpha value is -2.43. The summed E-state index contributed by atoms with van der Waals surface area (Å²) in [5, 5.41) is 3.03. The highest BCUT2D eigenvalue weighted by Crippen LogP contribution is 2.19. The monoisotopic (exact) mass is 328 g/mol. The molecule has 1 N–H and O–H groups in total. The number of benzene rings is 1. The van der Waals surface area contributed by atoms with Crippen LogP contribution in [-0.2, 0) is 7.05 Å². The maximum atomic E-state index is 13.4. The summed E-state index contributed by atoms with van der Waals surface area (Å²) < 4.78 is 15.1. The number of hydrogen-bond acceptors (Lipinski definition) is 2. The molecule has 1 aliphatic rings. The molecule has 1 aliphatic carbocycles. The SMILES string of the molecule is Cn1cc(C(=O)NCCC2=CCCCC2)c(=O)c2cc(F)ccc21. The number of fused-ring (bicyclic) bond motifs is 1. The summed E-state index contributed by atoms with van der Waals surface area (Å²) in [5.74, 6) is -0.889. The lowest BCUT2D eigenvalue weighted by Crippen LogP contribution is -2.30. The third-order valence-electron chi connectivity index (χ3n) is 4.51. The van der Waals surface area contributed by atoms with Gasteiger partial charge in [-0.25, -0.2) is 4.39 Å². The van der Waals surface area contributed by atoms with E-state index in [-0.39, 0.29) is 10.9 Å². The number of pyridine rings is 1. The van der Waals surface area contributed by atoms with Crippen LogP contribution in [0.15, 0.2) is 40.8 Å². The molecule has 1 amide bonds. The fourth-order valence-corrected chi connectivity index (χ4v) is 3.19. The number of aromatic nitrogens is 1. The minimum absolute atomic E-state index is 0.0493. The second-order valence-corrected chi connectivity index (χ2v) is 6.26. The van der Waals surface area contributed by atoms with Crippen LogP contribution in [0.3, 0.4) is 0 Å². The van der Waals surface area contributed by atoms with Crippen molar-refractivity contribution in [1.82, 2.24) is 9.88 Å². The zero-order chi connectivity index (χ0) is 17.1. The van der Waals surface area contributed by atoms with Crippen LogP contribution in [-0.4, -0.2) is 17.0 Å². The molecule has 0 bridgehead atoms. The Balaban J connectivity index is 1.78. The Morgan fingerprint density at radius 2 is 2.17 bits per heavy atom. The van der Waals surface area contributed by atoms with Crippen LogP contribution in [0.1, 0.15) is 42.5 Å². The minimum atomic E-state index is -0.485. The molecular formula is C19H21FN2O2. The van der Waals surface area contributed by atoms with Gasteiger partial charge in [0.1, 0.15) is 11.4 Å². The number of nitrogens with one attached hydrogen (secondary N) is 1. The van der Waals surface area contributed by atoms with Crippen LogP contribution in [0.25, 0.3) is 10.9 Å². The van der Waals surface area contributed by atoms with Gasteiger partial charge in [-0.1, -0.05) is 11.6 Å². The first-order chi connectivity index (χ1) is 11.6. The number of nitrogens with zero attached hydrogens (tertiary/aromatic N) is 1. The fourth-order valence-electron chi connectivity index (χ4n) is 3.19. The number of amides is 1. The molecule has 126 valence electrons. The van der Waals surface area contributed by atoms with E-state index in [0.29, 0.717) is 12.1 Å². The quantitative estimate of drug-likeness (QED) is 0.876. The lowest BCUT2D eigenvalue weighted by atomic mass is 9.97. The molecule has 0 atom stereocenters. The van der Waals surface area contributed by atoms with E-state index in [4.69, 9.17) is 0 Å². The predicted octanol–water partition coefficient (Wildman–Crippen LogP) is 3.30. The normalized spacial score (nSPS) is 14.5. The first-order valence-electron chi connectivity index (χ1n) is 8.31. The first-order valence-corrected chi connectivity index (χ1v) is 8.31. The highest BCUT2D eigenvalue weighted by Gasteiger charge is 2.15. The highest BCUT2D eigenvalue weighted by molar-refractivity contribution is 5.97. The van der Waals surface area contributed by atoms with Gasteiger partial charge in [0.25, 0.3) is 5.91 Å². The van der Waals surface area contributed by atoms with Crippen molar-refractivity contribution in [3.63, 3.8) is 0 Å². The maximum Gasteiger partial charge on any atom is 0.256 e. The molecule has 1 aromatic carbocycles.